The first-order valence-corrected chi connectivity index (χ1v) is 21.2. The molecule has 6 rings (SSSR count). The fourth-order valence-corrected chi connectivity index (χ4v) is 8.13. The van der Waals surface area contributed by atoms with E-state index in [9.17, 15) is 9.18 Å². The van der Waals surface area contributed by atoms with Crippen molar-refractivity contribution in [2.75, 3.05) is 58.2 Å². The van der Waals surface area contributed by atoms with Crippen molar-refractivity contribution in [3.05, 3.63) is 121 Å². The fourth-order valence-electron chi connectivity index (χ4n) is 6.82. The number of halogens is 2. The summed E-state index contributed by atoms with van der Waals surface area (Å²) in [7, 11) is 3.93. The van der Waals surface area contributed by atoms with E-state index in [-0.39, 0.29) is 18.5 Å². The average molecular weight is 829 g/mol. The monoisotopic (exact) mass is 828 g/mol. The molecule has 0 fully saturated rings. The Balaban J connectivity index is 1.11. The van der Waals surface area contributed by atoms with Gasteiger partial charge in [-0.3, -0.25) is 9.67 Å². The molecule has 4 heterocycles. The maximum atomic E-state index is 15.3. The number of ether oxygens (including phenoxy) is 3. The van der Waals surface area contributed by atoms with Crippen molar-refractivity contribution >= 4 is 58.4 Å². The lowest BCUT2D eigenvalue weighted by Crippen LogP contribution is -2.46. The molecule has 2 aromatic heterocycles. The number of benzene rings is 2. The van der Waals surface area contributed by atoms with Crippen LogP contribution in [0.15, 0.2) is 76.5 Å². The van der Waals surface area contributed by atoms with Crippen LogP contribution in [0.4, 0.5) is 19.3 Å². The van der Waals surface area contributed by atoms with Gasteiger partial charge in [0.2, 0.25) is 5.88 Å². The lowest BCUT2D eigenvalue weighted by atomic mass is 9.97. The number of anilines is 1. The molecular weight excluding hydrogens is 779 g/mol. The molecule has 0 saturated carbocycles. The molecule has 2 aliphatic rings. The maximum Gasteiger partial charge on any atom is 0.318 e. The van der Waals surface area contributed by atoms with Gasteiger partial charge in [0.25, 0.3) is 0 Å². The Kier molecular flexibility index (Phi) is 14.3. The van der Waals surface area contributed by atoms with Gasteiger partial charge >= 0.3 is 6.03 Å². The maximum absolute atomic E-state index is 15.3. The van der Waals surface area contributed by atoms with Gasteiger partial charge in [-0.05, 0) is 78.3 Å². The van der Waals surface area contributed by atoms with Gasteiger partial charge < -0.3 is 29.3 Å². The van der Waals surface area contributed by atoms with E-state index in [1.165, 1.54) is 17.4 Å². The van der Waals surface area contributed by atoms with E-state index in [1.807, 2.05) is 97.9 Å². The number of carbonyl (C=O) groups is 1. The van der Waals surface area contributed by atoms with Crippen molar-refractivity contribution < 1.29 is 27.8 Å². The van der Waals surface area contributed by atoms with Crippen LogP contribution in [0.5, 0.6) is 11.6 Å². The number of thiophene rings is 1. The number of aliphatic imine (C=N–C) groups is 1. The van der Waals surface area contributed by atoms with Gasteiger partial charge in [0.15, 0.2) is 0 Å². The van der Waals surface area contributed by atoms with E-state index in [0.717, 1.165) is 49.5 Å². The minimum absolute atomic E-state index is 0.0559. The molecule has 1 atom stereocenters. The van der Waals surface area contributed by atoms with Crippen molar-refractivity contribution in [1.29, 1.82) is 0 Å². The second kappa shape index (κ2) is 19.5. The van der Waals surface area contributed by atoms with Gasteiger partial charge in [0.1, 0.15) is 30.6 Å². The van der Waals surface area contributed by atoms with Crippen LogP contribution in [0.3, 0.4) is 0 Å². The molecule has 0 spiro atoms. The van der Waals surface area contributed by atoms with E-state index in [4.69, 9.17) is 19.2 Å². The molecule has 4 aromatic rings. The highest BCUT2D eigenvalue weighted by atomic mass is 32.2. The zero-order valence-electron chi connectivity index (χ0n) is 33.8. The number of carbonyl (C=O) groups excluding carboxylic acids is 1. The summed E-state index contributed by atoms with van der Waals surface area (Å²) in [5, 5.41) is 12.3. The smallest absolute Gasteiger partial charge is 0.318 e. The van der Waals surface area contributed by atoms with Crippen molar-refractivity contribution in [3.8, 4) is 11.6 Å². The second-order valence-corrected chi connectivity index (χ2v) is 15.9. The van der Waals surface area contributed by atoms with Gasteiger partial charge in [-0.1, -0.05) is 24.8 Å². The predicted octanol–water partition coefficient (Wildman–Crippen LogP) is 7.15. The standard InChI is InChI=1S/C44H50F2N6O4S2/c1-8-31-22-36(42-35-12-20-58-43(35)30(4)41-32(9-13-47-42)21-33(45)23-37(41)46)39(25-38(31)50(5)6)56-27-28(2)10-16-54-17-18-55-40-24-34-26-51(14-15-52(34)49-40)44(53)48-29(3)11-19-57-7/h8,10-13,19-25,29H,1,9,14-18,26-27H2,2-7H3,(H,48,53)/b19-11-,28-10+,42-35-,43-30-,47-13?. The first kappa shape index (κ1) is 42.4. The quantitative estimate of drug-likeness (QED) is 0.101. The highest BCUT2D eigenvalue weighted by Gasteiger charge is 2.24. The molecule has 306 valence electrons. The Morgan fingerprint density at radius 2 is 1.98 bits per heavy atom. The molecule has 0 bridgehead atoms. The van der Waals surface area contributed by atoms with Gasteiger partial charge in [-0.15, -0.1) is 28.2 Å². The van der Waals surface area contributed by atoms with E-state index in [2.05, 4.69) is 17.0 Å². The van der Waals surface area contributed by atoms with Crippen LogP contribution < -0.4 is 29.4 Å². The largest absolute Gasteiger partial charge is 0.488 e. The Hall–Kier alpha value is -5.18. The lowest BCUT2D eigenvalue weighted by Gasteiger charge is -2.28. The summed E-state index contributed by atoms with van der Waals surface area (Å²) >= 11 is 3.09. The minimum Gasteiger partial charge on any atom is -0.488 e. The molecular formula is C44H50F2N6O4S2. The zero-order valence-corrected chi connectivity index (χ0v) is 35.4. The number of hydrogen-bond acceptors (Lipinski definition) is 9. The number of rotatable bonds is 15. The molecule has 2 amide bonds. The summed E-state index contributed by atoms with van der Waals surface area (Å²) in [6, 6.07) is 10.0. The van der Waals surface area contributed by atoms with Crippen molar-refractivity contribution in [3.63, 3.8) is 0 Å². The first-order valence-electron chi connectivity index (χ1n) is 19.1. The highest BCUT2D eigenvalue weighted by Crippen LogP contribution is 2.35. The van der Waals surface area contributed by atoms with Gasteiger partial charge in [0, 0.05) is 84.1 Å². The topological polar surface area (TPSA) is 93.5 Å². The van der Waals surface area contributed by atoms with Crippen LogP contribution in [-0.4, -0.2) is 86.3 Å². The van der Waals surface area contributed by atoms with Crippen LogP contribution in [0.2, 0.25) is 0 Å². The number of urea groups is 1. The molecule has 0 saturated heterocycles. The van der Waals surface area contributed by atoms with Crippen molar-refractivity contribution in [2.24, 2.45) is 4.99 Å². The number of hydrogen-bond donors (Lipinski definition) is 1. The SMILES string of the molecule is C=Cc1cc(/C2=c3\ccs\c3=C(\C)c3c(F)cc(F)cc3CC=N2)c(OC/C(C)=C/COCCOc2cc3n(n2)CCN(C(=O)NC(C)/C=C\SC)C3)cc1N(C)C. The molecule has 10 nitrogen and oxygen atoms in total. The van der Waals surface area contributed by atoms with Crippen molar-refractivity contribution in [1.82, 2.24) is 20.0 Å². The molecule has 2 aromatic carbocycles. The van der Waals surface area contributed by atoms with Crippen LogP contribution in [0.25, 0.3) is 17.3 Å². The van der Waals surface area contributed by atoms with Crippen molar-refractivity contribution in [2.45, 2.75) is 46.3 Å². The first-order chi connectivity index (χ1) is 28.0. The van der Waals surface area contributed by atoms with E-state index >= 15 is 4.39 Å². The third kappa shape index (κ3) is 10.1. The molecule has 1 N–H and O–H groups in total. The number of amides is 2. The summed E-state index contributed by atoms with van der Waals surface area (Å²) in [4.78, 5) is 21.5. The molecule has 0 aliphatic carbocycles. The lowest BCUT2D eigenvalue weighted by molar-refractivity contribution is 0.118. The summed E-state index contributed by atoms with van der Waals surface area (Å²) < 4.78 is 50.6. The zero-order chi connectivity index (χ0) is 41.3. The Morgan fingerprint density at radius 1 is 1.16 bits per heavy atom. The van der Waals surface area contributed by atoms with E-state index in [0.29, 0.717) is 74.5 Å². The normalized spacial score (nSPS) is 16.5. The Morgan fingerprint density at radius 3 is 2.76 bits per heavy atom. The number of fused-ring (bicyclic) bond motifs is 3. The van der Waals surface area contributed by atoms with Gasteiger partial charge in [-0.2, -0.15) is 0 Å². The van der Waals surface area contributed by atoms with E-state index < -0.39 is 11.6 Å². The van der Waals surface area contributed by atoms with Crippen LogP contribution in [0.1, 0.15) is 48.7 Å². The van der Waals surface area contributed by atoms with Crippen LogP contribution >= 0.6 is 23.1 Å². The third-order valence-electron chi connectivity index (χ3n) is 9.79. The summed E-state index contributed by atoms with van der Waals surface area (Å²) in [6.45, 7) is 12.8. The van der Waals surface area contributed by atoms with Gasteiger partial charge in [0.05, 0.1) is 37.7 Å². The van der Waals surface area contributed by atoms with Gasteiger partial charge in [-0.25, -0.2) is 13.6 Å². The Bertz CT molecular complexity index is 2370. The molecule has 1 unspecified atom stereocenters. The van der Waals surface area contributed by atoms with Crippen LogP contribution in [-0.2, 0) is 24.2 Å². The predicted molar refractivity (Wildman–Crippen MR) is 233 cm³/mol. The molecule has 58 heavy (non-hydrogen) atoms. The number of thioether (sulfide) groups is 1. The Labute approximate surface area is 346 Å². The van der Waals surface area contributed by atoms with Crippen LogP contribution in [0, 0.1) is 11.6 Å². The number of nitrogens with zero attached hydrogens (tertiary/aromatic N) is 5. The molecule has 14 heteroatoms. The summed E-state index contributed by atoms with van der Waals surface area (Å²) in [6.07, 6.45) is 9.69. The fraction of sp³-hybridized carbons (Fsp3) is 0.341. The van der Waals surface area contributed by atoms with E-state index in [1.54, 1.807) is 29.0 Å². The summed E-state index contributed by atoms with van der Waals surface area (Å²) in [5.41, 5.74) is 6.80. The molecule has 2 aliphatic heterocycles. The average Bonchev–Trinajstić information content (AvgIpc) is 3.86. The third-order valence-corrected chi connectivity index (χ3v) is 11.3. The second-order valence-electron chi connectivity index (χ2n) is 14.3. The number of aromatic nitrogens is 2. The number of nitrogens with one attached hydrogen (secondary N) is 1. The summed E-state index contributed by atoms with van der Waals surface area (Å²) in [5.74, 6) is -0.0816. The highest BCUT2D eigenvalue weighted by molar-refractivity contribution is 8.01. The molecule has 0 radical (unpaired) electrons. The minimum atomic E-state index is -0.616.